The van der Waals surface area contributed by atoms with Crippen LogP contribution in [0.1, 0.15) is 18.5 Å². The molecule has 0 saturated carbocycles. The molecule has 1 aromatic rings. The van der Waals surface area contributed by atoms with E-state index >= 15 is 0 Å². The number of benzene rings is 1. The van der Waals surface area contributed by atoms with Crippen LogP contribution in [0, 0.1) is 0 Å². The molecule has 19 heavy (non-hydrogen) atoms. The van der Waals surface area contributed by atoms with Crippen molar-refractivity contribution >= 4 is 11.8 Å². The van der Waals surface area contributed by atoms with Gasteiger partial charge in [-0.2, -0.15) is 13.2 Å². The molecule has 1 atom stereocenters. The first-order valence-electron chi connectivity index (χ1n) is 5.97. The Bertz CT molecular complexity index is 384. The first-order valence-corrected chi connectivity index (χ1v) is 6.95. The summed E-state index contributed by atoms with van der Waals surface area (Å²) in [7, 11) is 1.88. The van der Waals surface area contributed by atoms with Crippen molar-refractivity contribution in [3.63, 3.8) is 0 Å². The SMILES string of the molecule is CNC(C)c1cccc(SCCOCC(F)(F)F)c1. The summed E-state index contributed by atoms with van der Waals surface area (Å²) in [6.07, 6.45) is -4.24. The Morgan fingerprint density at radius 2 is 2.11 bits per heavy atom. The zero-order valence-electron chi connectivity index (χ0n) is 11.0. The molecular weight excluding hydrogens is 275 g/mol. The van der Waals surface area contributed by atoms with Crippen LogP contribution >= 0.6 is 11.8 Å². The van der Waals surface area contributed by atoms with E-state index < -0.39 is 12.8 Å². The first-order chi connectivity index (χ1) is 8.92. The van der Waals surface area contributed by atoms with Crippen molar-refractivity contribution in [2.45, 2.75) is 24.0 Å². The van der Waals surface area contributed by atoms with Gasteiger partial charge in [-0.15, -0.1) is 11.8 Å². The lowest BCUT2D eigenvalue weighted by Crippen LogP contribution is -2.17. The monoisotopic (exact) mass is 293 g/mol. The second-order valence-electron chi connectivity index (χ2n) is 4.10. The number of hydrogen-bond donors (Lipinski definition) is 1. The molecule has 1 unspecified atom stereocenters. The summed E-state index contributed by atoms with van der Waals surface area (Å²) in [6.45, 7) is 0.969. The van der Waals surface area contributed by atoms with Gasteiger partial charge >= 0.3 is 6.18 Å². The molecule has 2 nitrogen and oxygen atoms in total. The van der Waals surface area contributed by atoms with Crippen molar-refractivity contribution in [3.8, 4) is 0 Å². The van der Waals surface area contributed by atoms with Crippen molar-refractivity contribution in [2.24, 2.45) is 0 Å². The van der Waals surface area contributed by atoms with Gasteiger partial charge in [0.2, 0.25) is 0 Å². The van der Waals surface area contributed by atoms with Crippen LogP contribution in [0.4, 0.5) is 13.2 Å². The predicted octanol–water partition coefficient (Wildman–Crippen LogP) is 3.64. The highest BCUT2D eigenvalue weighted by Crippen LogP contribution is 2.22. The largest absolute Gasteiger partial charge is 0.411 e. The van der Waals surface area contributed by atoms with Gasteiger partial charge in [0.1, 0.15) is 6.61 Å². The highest BCUT2D eigenvalue weighted by molar-refractivity contribution is 7.99. The van der Waals surface area contributed by atoms with Crippen molar-refractivity contribution in [1.82, 2.24) is 5.32 Å². The van der Waals surface area contributed by atoms with Gasteiger partial charge in [0.15, 0.2) is 0 Å². The van der Waals surface area contributed by atoms with Crippen molar-refractivity contribution in [1.29, 1.82) is 0 Å². The number of halogens is 3. The van der Waals surface area contributed by atoms with Crippen LogP contribution in [-0.4, -0.2) is 32.2 Å². The van der Waals surface area contributed by atoms with E-state index in [4.69, 9.17) is 0 Å². The minimum Gasteiger partial charge on any atom is -0.371 e. The standard InChI is InChI=1S/C13H18F3NOS/c1-10(17-2)11-4-3-5-12(8-11)19-7-6-18-9-13(14,15)16/h3-5,8,10,17H,6-7,9H2,1-2H3. The van der Waals surface area contributed by atoms with Crippen molar-refractivity contribution in [3.05, 3.63) is 29.8 Å². The molecule has 0 bridgehead atoms. The van der Waals surface area contributed by atoms with Gasteiger partial charge in [-0.05, 0) is 31.7 Å². The smallest absolute Gasteiger partial charge is 0.371 e. The molecule has 1 rings (SSSR count). The van der Waals surface area contributed by atoms with E-state index in [1.54, 1.807) is 0 Å². The van der Waals surface area contributed by atoms with Crippen LogP contribution in [-0.2, 0) is 4.74 Å². The molecule has 108 valence electrons. The third kappa shape index (κ3) is 6.84. The van der Waals surface area contributed by atoms with E-state index in [0.717, 1.165) is 10.5 Å². The number of hydrogen-bond acceptors (Lipinski definition) is 3. The van der Waals surface area contributed by atoms with Gasteiger partial charge < -0.3 is 10.1 Å². The molecule has 0 fully saturated rings. The van der Waals surface area contributed by atoms with E-state index in [9.17, 15) is 13.2 Å². The van der Waals surface area contributed by atoms with E-state index in [1.165, 1.54) is 11.8 Å². The normalized spacial score (nSPS) is 13.5. The zero-order valence-corrected chi connectivity index (χ0v) is 11.8. The molecule has 0 aliphatic carbocycles. The average Bonchev–Trinajstić information content (AvgIpc) is 2.36. The first kappa shape index (κ1) is 16.3. The topological polar surface area (TPSA) is 21.3 Å². The van der Waals surface area contributed by atoms with Gasteiger partial charge in [0.05, 0.1) is 6.61 Å². The molecule has 0 saturated heterocycles. The Balaban J connectivity index is 2.33. The molecule has 0 radical (unpaired) electrons. The Kier molecular flexibility index (Phi) is 6.68. The lowest BCUT2D eigenvalue weighted by Gasteiger charge is -2.12. The second-order valence-corrected chi connectivity index (χ2v) is 5.27. The fraction of sp³-hybridized carbons (Fsp3) is 0.538. The summed E-state index contributed by atoms with van der Waals surface area (Å²) in [4.78, 5) is 1.04. The average molecular weight is 293 g/mol. The van der Waals surface area contributed by atoms with E-state index in [0.29, 0.717) is 5.75 Å². The quantitative estimate of drug-likeness (QED) is 0.612. The molecule has 6 heteroatoms. The number of thioether (sulfide) groups is 1. The molecule has 1 aromatic carbocycles. The van der Waals surface area contributed by atoms with Crippen LogP contribution in [0.15, 0.2) is 29.2 Å². The van der Waals surface area contributed by atoms with Gasteiger partial charge in [0, 0.05) is 16.7 Å². The molecule has 0 amide bonds. The summed E-state index contributed by atoms with van der Waals surface area (Å²) in [5.74, 6) is 0.507. The maximum Gasteiger partial charge on any atom is 0.411 e. The Hall–Kier alpha value is -0.720. The van der Waals surface area contributed by atoms with Gasteiger partial charge in [0.25, 0.3) is 0 Å². The van der Waals surface area contributed by atoms with Crippen molar-refractivity contribution < 1.29 is 17.9 Å². The lowest BCUT2D eigenvalue weighted by molar-refractivity contribution is -0.172. The highest BCUT2D eigenvalue weighted by Gasteiger charge is 2.27. The summed E-state index contributed by atoms with van der Waals surface area (Å²) in [6, 6.07) is 8.20. The Morgan fingerprint density at radius 3 is 2.74 bits per heavy atom. The number of nitrogens with one attached hydrogen (secondary N) is 1. The molecule has 0 spiro atoms. The summed E-state index contributed by atoms with van der Waals surface area (Å²) in [5, 5.41) is 3.14. The minimum absolute atomic E-state index is 0.0932. The maximum atomic E-state index is 11.8. The molecule has 0 aliphatic rings. The lowest BCUT2D eigenvalue weighted by atomic mass is 10.1. The molecule has 0 heterocycles. The van der Waals surface area contributed by atoms with Crippen LogP contribution in [0.5, 0.6) is 0 Å². The molecular formula is C13H18F3NOS. The van der Waals surface area contributed by atoms with E-state index in [-0.39, 0.29) is 12.6 Å². The van der Waals surface area contributed by atoms with Gasteiger partial charge in [-0.3, -0.25) is 0 Å². The van der Waals surface area contributed by atoms with Crippen LogP contribution in [0.25, 0.3) is 0 Å². The molecule has 0 aromatic heterocycles. The van der Waals surface area contributed by atoms with E-state index in [1.807, 2.05) is 31.3 Å². The van der Waals surface area contributed by atoms with Crippen LogP contribution in [0.2, 0.25) is 0 Å². The number of ether oxygens (including phenoxy) is 1. The van der Waals surface area contributed by atoms with E-state index in [2.05, 4.69) is 17.0 Å². The third-order valence-corrected chi connectivity index (χ3v) is 3.51. The Morgan fingerprint density at radius 1 is 1.37 bits per heavy atom. The number of rotatable bonds is 7. The van der Waals surface area contributed by atoms with Gasteiger partial charge in [-0.1, -0.05) is 12.1 Å². The third-order valence-electron chi connectivity index (χ3n) is 2.55. The summed E-state index contributed by atoms with van der Waals surface area (Å²) >= 11 is 1.49. The minimum atomic E-state index is -4.24. The van der Waals surface area contributed by atoms with Crippen LogP contribution < -0.4 is 5.32 Å². The fourth-order valence-electron chi connectivity index (χ4n) is 1.45. The number of alkyl halides is 3. The van der Waals surface area contributed by atoms with Crippen LogP contribution in [0.3, 0.4) is 0 Å². The van der Waals surface area contributed by atoms with Gasteiger partial charge in [-0.25, -0.2) is 0 Å². The summed E-state index contributed by atoms with van der Waals surface area (Å²) < 4.78 is 40.1. The Labute approximate surface area is 115 Å². The fourth-order valence-corrected chi connectivity index (χ4v) is 2.28. The molecule has 0 aliphatic heterocycles. The highest BCUT2D eigenvalue weighted by atomic mass is 32.2. The molecule has 1 N–H and O–H groups in total. The predicted molar refractivity (Wildman–Crippen MR) is 71.5 cm³/mol. The maximum absolute atomic E-state index is 11.8. The second kappa shape index (κ2) is 7.77. The van der Waals surface area contributed by atoms with Crippen molar-refractivity contribution in [2.75, 3.05) is 26.0 Å². The summed E-state index contributed by atoms with van der Waals surface area (Å²) in [5.41, 5.74) is 1.16. The zero-order chi connectivity index (χ0) is 14.3.